The van der Waals surface area contributed by atoms with Gasteiger partial charge in [0.2, 0.25) is 5.91 Å². The van der Waals surface area contributed by atoms with Gasteiger partial charge in [-0.15, -0.1) is 0 Å². The Kier molecular flexibility index (Phi) is 5.92. The monoisotopic (exact) mass is 374 g/mol. The van der Waals surface area contributed by atoms with Crippen LogP contribution in [0, 0.1) is 5.92 Å². The fraction of sp³-hybridized carbons (Fsp3) is 0.619. The molecule has 0 saturated carbocycles. The minimum absolute atomic E-state index is 0.00700. The summed E-state index contributed by atoms with van der Waals surface area (Å²) in [7, 11) is 0. The minimum Gasteiger partial charge on any atom is -0.483 e. The summed E-state index contributed by atoms with van der Waals surface area (Å²) in [6.07, 6.45) is 3.18. The predicted octanol–water partition coefficient (Wildman–Crippen LogP) is 2.54. The molecule has 6 heteroatoms. The molecule has 1 saturated heterocycles. The lowest BCUT2D eigenvalue weighted by Gasteiger charge is -2.31. The molecule has 2 heterocycles. The highest BCUT2D eigenvalue weighted by Crippen LogP contribution is 2.41. The number of benzene rings is 1. The standard InChI is InChI=1S/C21H30N2O4/c1-4-10-22-20(25)15-8-11-23(12-9-15)18(24)14-26-17-7-5-6-16-13-21(2,3)27-19(16)17/h5-7,15H,4,8-14H2,1-3H3,(H,22,25). The average Bonchev–Trinajstić information content (AvgIpc) is 2.98. The SMILES string of the molecule is CCCNC(=O)C1CCN(C(=O)COc2cccc3c2OC(C)(C)C3)CC1. The van der Waals surface area contributed by atoms with Crippen LogP contribution in [0.5, 0.6) is 11.5 Å². The van der Waals surface area contributed by atoms with Crippen molar-refractivity contribution >= 4 is 11.8 Å². The zero-order valence-electron chi connectivity index (χ0n) is 16.5. The van der Waals surface area contributed by atoms with Crippen LogP contribution in [0.3, 0.4) is 0 Å². The van der Waals surface area contributed by atoms with E-state index in [0.717, 1.165) is 24.2 Å². The number of hydrogen-bond acceptors (Lipinski definition) is 4. The van der Waals surface area contributed by atoms with E-state index in [2.05, 4.69) is 5.32 Å². The number of hydrogen-bond donors (Lipinski definition) is 1. The molecule has 2 aliphatic heterocycles. The summed E-state index contributed by atoms with van der Waals surface area (Å²) in [5.41, 5.74) is 0.871. The number of piperidine rings is 1. The molecular weight excluding hydrogens is 344 g/mol. The predicted molar refractivity (Wildman–Crippen MR) is 103 cm³/mol. The molecule has 0 aliphatic carbocycles. The van der Waals surface area contributed by atoms with E-state index in [4.69, 9.17) is 9.47 Å². The van der Waals surface area contributed by atoms with Gasteiger partial charge >= 0.3 is 0 Å². The smallest absolute Gasteiger partial charge is 0.260 e. The third-order valence-electron chi connectivity index (χ3n) is 5.17. The lowest BCUT2D eigenvalue weighted by Crippen LogP contribution is -2.44. The van der Waals surface area contributed by atoms with E-state index < -0.39 is 0 Å². The zero-order chi connectivity index (χ0) is 19.4. The number of rotatable bonds is 6. The van der Waals surface area contributed by atoms with Gasteiger partial charge in [-0.25, -0.2) is 0 Å². The number of nitrogens with one attached hydrogen (secondary N) is 1. The van der Waals surface area contributed by atoms with E-state index in [-0.39, 0.29) is 29.9 Å². The number of carbonyl (C=O) groups is 2. The summed E-state index contributed by atoms with van der Waals surface area (Å²) >= 11 is 0. The molecule has 0 spiro atoms. The summed E-state index contributed by atoms with van der Waals surface area (Å²) in [4.78, 5) is 26.3. The number of amides is 2. The third kappa shape index (κ3) is 4.73. The van der Waals surface area contributed by atoms with Crippen molar-refractivity contribution in [2.24, 2.45) is 5.92 Å². The molecule has 6 nitrogen and oxygen atoms in total. The number of para-hydroxylation sites is 1. The van der Waals surface area contributed by atoms with Crippen molar-refractivity contribution < 1.29 is 19.1 Å². The number of carbonyl (C=O) groups excluding carboxylic acids is 2. The molecule has 0 aromatic heterocycles. The first-order chi connectivity index (χ1) is 12.9. The van der Waals surface area contributed by atoms with E-state index in [1.165, 1.54) is 0 Å². The van der Waals surface area contributed by atoms with Gasteiger partial charge in [-0.05, 0) is 39.2 Å². The van der Waals surface area contributed by atoms with E-state index in [1.54, 1.807) is 4.90 Å². The second-order valence-electron chi connectivity index (χ2n) is 8.02. The summed E-state index contributed by atoms with van der Waals surface area (Å²) < 4.78 is 11.8. The van der Waals surface area contributed by atoms with Crippen LogP contribution >= 0.6 is 0 Å². The normalized spacial score (nSPS) is 18.6. The number of nitrogens with zero attached hydrogens (tertiary/aromatic N) is 1. The van der Waals surface area contributed by atoms with E-state index in [0.29, 0.717) is 38.2 Å². The van der Waals surface area contributed by atoms with Gasteiger partial charge in [-0.1, -0.05) is 19.1 Å². The van der Waals surface area contributed by atoms with Crippen LogP contribution in [0.1, 0.15) is 45.6 Å². The lowest BCUT2D eigenvalue weighted by atomic mass is 9.96. The van der Waals surface area contributed by atoms with Crippen LogP contribution in [0.4, 0.5) is 0 Å². The second kappa shape index (κ2) is 8.19. The molecule has 1 aromatic rings. The maximum absolute atomic E-state index is 12.5. The Bertz CT molecular complexity index is 693. The largest absolute Gasteiger partial charge is 0.483 e. The van der Waals surface area contributed by atoms with Crippen molar-refractivity contribution in [2.75, 3.05) is 26.2 Å². The Morgan fingerprint density at radius 1 is 1.30 bits per heavy atom. The topological polar surface area (TPSA) is 67.9 Å². The molecular formula is C21H30N2O4. The first kappa shape index (κ1) is 19.5. The molecule has 0 bridgehead atoms. The van der Waals surface area contributed by atoms with Gasteiger partial charge in [0.15, 0.2) is 18.1 Å². The number of likely N-dealkylation sites (tertiary alicyclic amines) is 1. The molecule has 0 radical (unpaired) electrons. The summed E-state index contributed by atoms with van der Waals surface area (Å²) in [5.74, 6) is 1.45. The van der Waals surface area contributed by atoms with Gasteiger partial charge in [0.1, 0.15) is 5.60 Å². The van der Waals surface area contributed by atoms with Crippen LogP contribution in [-0.2, 0) is 16.0 Å². The molecule has 2 aliphatic rings. The highest BCUT2D eigenvalue weighted by molar-refractivity contribution is 5.80. The molecule has 3 rings (SSSR count). The van der Waals surface area contributed by atoms with Crippen LogP contribution in [-0.4, -0.2) is 48.6 Å². The fourth-order valence-corrected chi connectivity index (χ4v) is 3.72. The van der Waals surface area contributed by atoms with Crippen molar-refractivity contribution in [3.8, 4) is 11.5 Å². The van der Waals surface area contributed by atoms with Crippen molar-refractivity contribution in [2.45, 2.75) is 52.1 Å². The Hall–Kier alpha value is -2.24. The number of ether oxygens (including phenoxy) is 2. The Morgan fingerprint density at radius 2 is 2.04 bits per heavy atom. The van der Waals surface area contributed by atoms with Crippen molar-refractivity contribution in [3.63, 3.8) is 0 Å². The van der Waals surface area contributed by atoms with Gasteiger partial charge in [-0.2, -0.15) is 0 Å². The Balaban J connectivity index is 1.49. The van der Waals surface area contributed by atoms with Gasteiger partial charge in [-0.3, -0.25) is 9.59 Å². The molecule has 1 aromatic carbocycles. The van der Waals surface area contributed by atoms with Crippen LogP contribution in [0.25, 0.3) is 0 Å². The van der Waals surface area contributed by atoms with E-state index in [9.17, 15) is 9.59 Å². The average molecular weight is 374 g/mol. The van der Waals surface area contributed by atoms with Crippen molar-refractivity contribution in [1.82, 2.24) is 10.2 Å². The van der Waals surface area contributed by atoms with Gasteiger partial charge in [0.25, 0.3) is 5.91 Å². The quantitative estimate of drug-likeness (QED) is 0.831. The van der Waals surface area contributed by atoms with Crippen molar-refractivity contribution in [3.05, 3.63) is 23.8 Å². The zero-order valence-corrected chi connectivity index (χ0v) is 16.5. The second-order valence-corrected chi connectivity index (χ2v) is 8.02. The molecule has 0 unspecified atom stereocenters. The van der Waals surface area contributed by atoms with Crippen LogP contribution < -0.4 is 14.8 Å². The number of fused-ring (bicyclic) bond motifs is 1. The van der Waals surface area contributed by atoms with Gasteiger partial charge in [0.05, 0.1) is 0 Å². The maximum Gasteiger partial charge on any atom is 0.260 e. The lowest BCUT2D eigenvalue weighted by molar-refractivity contribution is -0.137. The molecule has 2 amide bonds. The summed E-state index contributed by atoms with van der Waals surface area (Å²) in [5, 5.41) is 2.94. The fourth-order valence-electron chi connectivity index (χ4n) is 3.72. The van der Waals surface area contributed by atoms with Crippen LogP contribution in [0.15, 0.2) is 18.2 Å². The molecule has 0 atom stereocenters. The van der Waals surface area contributed by atoms with Gasteiger partial charge in [0, 0.05) is 37.5 Å². The van der Waals surface area contributed by atoms with E-state index >= 15 is 0 Å². The first-order valence-corrected chi connectivity index (χ1v) is 9.89. The highest BCUT2D eigenvalue weighted by atomic mass is 16.5. The van der Waals surface area contributed by atoms with E-state index in [1.807, 2.05) is 39.0 Å². The summed E-state index contributed by atoms with van der Waals surface area (Å²) in [6.45, 7) is 8.03. The molecule has 1 fully saturated rings. The Labute approximate surface area is 161 Å². The van der Waals surface area contributed by atoms with Crippen molar-refractivity contribution in [1.29, 1.82) is 0 Å². The first-order valence-electron chi connectivity index (χ1n) is 9.89. The van der Waals surface area contributed by atoms with Gasteiger partial charge < -0.3 is 19.7 Å². The minimum atomic E-state index is -0.244. The molecule has 148 valence electrons. The molecule has 27 heavy (non-hydrogen) atoms. The maximum atomic E-state index is 12.5. The molecule has 1 N–H and O–H groups in total. The third-order valence-corrected chi connectivity index (χ3v) is 5.17. The van der Waals surface area contributed by atoms with Crippen LogP contribution in [0.2, 0.25) is 0 Å². The Morgan fingerprint density at radius 3 is 2.74 bits per heavy atom. The highest BCUT2D eigenvalue weighted by Gasteiger charge is 2.33. The summed E-state index contributed by atoms with van der Waals surface area (Å²) in [6, 6.07) is 5.81.